The van der Waals surface area contributed by atoms with E-state index in [2.05, 4.69) is 5.43 Å². The Morgan fingerprint density at radius 2 is 1.59 bits per heavy atom. The summed E-state index contributed by atoms with van der Waals surface area (Å²) in [5.41, 5.74) is 6.80. The normalized spacial score (nSPS) is 17.4. The van der Waals surface area contributed by atoms with Gasteiger partial charge in [0.2, 0.25) is 0 Å². The SMILES string of the molecule is Cc1ccc(CN2C(=O)C(=C3SC(=S)N(NC(=O)c4ccccc4)C3=O)c3ccccc32)cc1. The fourth-order valence-electron chi connectivity index (χ4n) is 3.90. The molecule has 3 aromatic carbocycles. The van der Waals surface area contributed by atoms with Crippen molar-refractivity contribution >= 4 is 57.3 Å². The van der Waals surface area contributed by atoms with E-state index in [1.807, 2.05) is 55.5 Å². The van der Waals surface area contributed by atoms with Gasteiger partial charge in [0.15, 0.2) is 4.32 Å². The van der Waals surface area contributed by atoms with Crippen molar-refractivity contribution in [1.29, 1.82) is 0 Å². The number of hydrogen-bond acceptors (Lipinski definition) is 5. The molecule has 0 bridgehead atoms. The molecule has 5 rings (SSSR count). The van der Waals surface area contributed by atoms with Crippen LogP contribution >= 0.6 is 24.0 Å². The highest BCUT2D eigenvalue weighted by Gasteiger charge is 2.42. The van der Waals surface area contributed by atoms with E-state index in [-0.39, 0.29) is 15.1 Å². The molecule has 3 aromatic rings. The van der Waals surface area contributed by atoms with E-state index < -0.39 is 11.8 Å². The smallest absolute Gasteiger partial charge is 0.286 e. The fraction of sp³-hybridized carbons (Fsp3) is 0.0769. The maximum absolute atomic E-state index is 13.6. The third-order valence-electron chi connectivity index (χ3n) is 5.63. The highest BCUT2D eigenvalue weighted by Crippen LogP contribution is 2.44. The van der Waals surface area contributed by atoms with Crippen molar-refractivity contribution in [3.63, 3.8) is 0 Å². The van der Waals surface area contributed by atoms with Crippen LogP contribution in [0.25, 0.3) is 5.57 Å². The number of fused-ring (bicyclic) bond motifs is 1. The second-order valence-corrected chi connectivity index (χ2v) is 9.56. The van der Waals surface area contributed by atoms with Gasteiger partial charge in [0.05, 0.1) is 22.7 Å². The number of benzene rings is 3. The van der Waals surface area contributed by atoms with E-state index in [1.54, 1.807) is 35.2 Å². The number of nitrogens with one attached hydrogen (secondary N) is 1. The molecule has 6 nitrogen and oxygen atoms in total. The third kappa shape index (κ3) is 3.91. The molecule has 1 saturated heterocycles. The molecule has 2 heterocycles. The molecule has 3 amide bonds. The van der Waals surface area contributed by atoms with Gasteiger partial charge >= 0.3 is 0 Å². The van der Waals surface area contributed by atoms with Gasteiger partial charge in [-0.3, -0.25) is 19.8 Å². The summed E-state index contributed by atoms with van der Waals surface area (Å²) in [6.45, 7) is 2.39. The Kier molecular flexibility index (Phi) is 5.77. The van der Waals surface area contributed by atoms with Gasteiger partial charge in [0, 0.05) is 11.1 Å². The second kappa shape index (κ2) is 8.89. The third-order valence-corrected chi connectivity index (χ3v) is 7.00. The van der Waals surface area contributed by atoms with Crippen LogP contribution in [-0.4, -0.2) is 27.1 Å². The van der Waals surface area contributed by atoms with Crippen molar-refractivity contribution in [3.05, 3.63) is 106 Å². The predicted octanol–water partition coefficient (Wildman–Crippen LogP) is 4.46. The van der Waals surface area contributed by atoms with Crippen LogP contribution in [0.2, 0.25) is 0 Å². The Bertz CT molecular complexity index is 1370. The molecule has 0 spiro atoms. The van der Waals surface area contributed by atoms with Crippen molar-refractivity contribution < 1.29 is 14.4 Å². The number of hydrazine groups is 1. The average Bonchev–Trinajstić information content (AvgIpc) is 3.28. The molecule has 0 radical (unpaired) electrons. The number of anilines is 1. The summed E-state index contributed by atoms with van der Waals surface area (Å²) in [4.78, 5) is 41.4. The van der Waals surface area contributed by atoms with E-state index in [4.69, 9.17) is 12.2 Å². The average molecular weight is 486 g/mol. The first kappa shape index (κ1) is 22.1. The molecular formula is C26H19N3O3S2. The first-order valence-corrected chi connectivity index (χ1v) is 11.8. The minimum atomic E-state index is -0.519. The summed E-state index contributed by atoms with van der Waals surface area (Å²) in [6.07, 6.45) is 0. The Labute approximate surface area is 206 Å². The first-order chi connectivity index (χ1) is 16.4. The molecule has 1 fully saturated rings. The molecule has 0 aromatic heterocycles. The summed E-state index contributed by atoms with van der Waals surface area (Å²) in [5, 5.41) is 1.04. The lowest BCUT2D eigenvalue weighted by molar-refractivity contribution is -0.124. The summed E-state index contributed by atoms with van der Waals surface area (Å²) >= 11 is 6.40. The maximum atomic E-state index is 13.6. The van der Waals surface area contributed by atoms with E-state index in [9.17, 15) is 14.4 Å². The Balaban J connectivity index is 1.48. The van der Waals surface area contributed by atoms with Gasteiger partial charge in [0.1, 0.15) is 0 Å². The number of amides is 3. The lowest BCUT2D eigenvalue weighted by Gasteiger charge is -2.17. The van der Waals surface area contributed by atoms with Gasteiger partial charge in [-0.1, -0.05) is 78.0 Å². The van der Waals surface area contributed by atoms with Crippen molar-refractivity contribution in [1.82, 2.24) is 10.4 Å². The van der Waals surface area contributed by atoms with Gasteiger partial charge in [-0.15, -0.1) is 0 Å². The van der Waals surface area contributed by atoms with Crippen molar-refractivity contribution in [2.45, 2.75) is 13.5 Å². The molecule has 2 aliphatic heterocycles. The molecule has 0 atom stereocenters. The highest BCUT2D eigenvalue weighted by molar-refractivity contribution is 8.26. The monoisotopic (exact) mass is 485 g/mol. The topological polar surface area (TPSA) is 69.7 Å². The van der Waals surface area contributed by atoms with Gasteiger partial charge in [-0.25, -0.2) is 0 Å². The van der Waals surface area contributed by atoms with Crippen LogP contribution in [0.5, 0.6) is 0 Å². The first-order valence-electron chi connectivity index (χ1n) is 10.6. The van der Waals surface area contributed by atoms with E-state index in [0.29, 0.717) is 23.2 Å². The number of aryl methyl sites for hydroxylation is 1. The van der Waals surface area contributed by atoms with Crippen LogP contribution < -0.4 is 10.3 Å². The van der Waals surface area contributed by atoms with Crippen LogP contribution in [0.15, 0.2) is 83.8 Å². The minimum Gasteiger partial charge on any atom is -0.303 e. The quantitative estimate of drug-likeness (QED) is 0.437. The van der Waals surface area contributed by atoms with Crippen molar-refractivity contribution in [2.75, 3.05) is 4.90 Å². The van der Waals surface area contributed by atoms with Crippen molar-refractivity contribution in [3.8, 4) is 0 Å². The molecule has 0 saturated carbocycles. The maximum Gasteiger partial charge on any atom is 0.286 e. The van der Waals surface area contributed by atoms with Crippen molar-refractivity contribution in [2.24, 2.45) is 0 Å². The summed E-state index contributed by atoms with van der Waals surface area (Å²) < 4.78 is 0.166. The number of nitrogens with zero attached hydrogens (tertiary/aromatic N) is 2. The molecule has 0 aliphatic carbocycles. The van der Waals surface area contributed by atoms with Gasteiger partial charge < -0.3 is 4.90 Å². The zero-order valence-electron chi connectivity index (χ0n) is 18.1. The van der Waals surface area contributed by atoms with Crippen LogP contribution in [-0.2, 0) is 16.1 Å². The van der Waals surface area contributed by atoms with E-state index >= 15 is 0 Å². The van der Waals surface area contributed by atoms with Gasteiger partial charge in [0.25, 0.3) is 17.7 Å². The molecule has 1 N–H and O–H groups in total. The molecular weight excluding hydrogens is 466 g/mol. The second-order valence-electron chi connectivity index (χ2n) is 7.91. The number of rotatable bonds is 4. The van der Waals surface area contributed by atoms with Gasteiger partial charge in [-0.05, 0) is 42.9 Å². The Hall–Kier alpha value is -3.75. The number of carbonyl (C=O) groups is 3. The number of para-hydroxylation sites is 1. The molecule has 8 heteroatoms. The van der Waals surface area contributed by atoms with Crippen LogP contribution in [0, 0.1) is 6.92 Å². The van der Waals surface area contributed by atoms with Crippen LogP contribution in [0.1, 0.15) is 27.0 Å². The molecule has 2 aliphatic rings. The van der Waals surface area contributed by atoms with Crippen LogP contribution in [0.3, 0.4) is 0 Å². The number of thioether (sulfide) groups is 1. The Morgan fingerprint density at radius 1 is 0.912 bits per heavy atom. The molecule has 168 valence electrons. The number of hydrogen-bond donors (Lipinski definition) is 1. The summed E-state index contributed by atoms with van der Waals surface area (Å²) in [7, 11) is 0. The standard InChI is InChI=1S/C26H19N3O3S2/c1-16-11-13-17(14-12-16)15-28-20-10-6-5-9-19(20)21(24(28)31)22-25(32)29(26(33)34-22)27-23(30)18-7-3-2-4-8-18/h2-14H,15H2,1H3,(H,27,30). The number of thiocarbonyl (C=S) groups is 1. The van der Waals surface area contributed by atoms with E-state index in [0.717, 1.165) is 33.6 Å². The van der Waals surface area contributed by atoms with E-state index in [1.165, 1.54) is 0 Å². The fourth-order valence-corrected chi connectivity index (χ4v) is 5.15. The summed E-state index contributed by atoms with van der Waals surface area (Å²) in [6, 6.07) is 23.9. The Morgan fingerprint density at radius 3 is 2.32 bits per heavy atom. The summed E-state index contributed by atoms with van der Waals surface area (Å²) in [5.74, 6) is -1.24. The highest BCUT2D eigenvalue weighted by atomic mass is 32.2. The minimum absolute atomic E-state index is 0.166. The largest absolute Gasteiger partial charge is 0.303 e. The molecule has 0 unspecified atom stereocenters. The zero-order valence-corrected chi connectivity index (χ0v) is 19.8. The predicted molar refractivity (Wildman–Crippen MR) is 137 cm³/mol. The molecule has 34 heavy (non-hydrogen) atoms. The van der Waals surface area contributed by atoms with Crippen LogP contribution in [0.4, 0.5) is 5.69 Å². The zero-order chi connectivity index (χ0) is 23.8. The lowest BCUT2D eigenvalue weighted by atomic mass is 10.1. The number of carbonyl (C=O) groups excluding carboxylic acids is 3. The van der Waals surface area contributed by atoms with Gasteiger partial charge in [-0.2, -0.15) is 5.01 Å². The lowest BCUT2D eigenvalue weighted by Crippen LogP contribution is -2.45.